The Morgan fingerprint density at radius 2 is 2.17 bits per heavy atom. The van der Waals surface area contributed by atoms with Crippen LogP contribution in [0.3, 0.4) is 0 Å². The fourth-order valence-corrected chi connectivity index (χ4v) is 2.36. The van der Waals surface area contributed by atoms with E-state index in [1.807, 2.05) is 37.1 Å². The van der Waals surface area contributed by atoms with Gasteiger partial charge >= 0.3 is 0 Å². The average molecular weight is 247 g/mol. The van der Waals surface area contributed by atoms with Crippen LogP contribution in [0.1, 0.15) is 18.4 Å². The summed E-state index contributed by atoms with van der Waals surface area (Å²) >= 11 is 0. The first-order valence-corrected chi connectivity index (χ1v) is 6.30. The van der Waals surface area contributed by atoms with Gasteiger partial charge in [-0.15, -0.1) is 0 Å². The molecule has 1 aliphatic carbocycles. The lowest BCUT2D eigenvalue weighted by molar-refractivity contribution is -0.123. The van der Waals surface area contributed by atoms with Crippen LogP contribution in [0.5, 0.6) is 0 Å². The van der Waals surface area contributed by atoms with Crippen molar-refractivity contribution in [1.29, 1.82) is 0 Å². The Hall–Kier alpha value is -1.55. The van der Waals surface area contributed by atoms with Crippen molar-refractivity contribution in [2.75, 3.05) is 18.5 Å². The zero-order valence-electron chi connectivity index (χ0n) is 11.0. The fourth-order valence-electron chi connectivity index (χ4n) is 2.36. The second kappa shape index (κ2) is 4.61. The summed E-state index contributed by atoms with van der Waals surface area (Å²) in [4.78, 5) is 13.6. The van der Waals surface area contributed by atoms with Crippen LogP contribution in [0, 0.1) is 12.8 Å². The third-order valence-corrected chi connectivity index (χ3v) is 3.71. The molecule has 1 amide bonds. The van der Waals surface area contributed by atoms with Crippen LogP contribution in [0.2, 0.25) is 0 Å². The fraction of sp³-hybridized carbons (Fsp3) is 0.500. The molecule has 0 aliphatic heterocycles. The highest BCUT2D eigenvalue weighted by atomic mass is 16.1. The molecular formula is C14H21N3O. The Morgan fingerprint density at radius 1 is 1.50 bits per heavy atom. The van der Waals surface area contributed by atoms with Crippen molar-refractivity contribution in [1.82, 2.24) is 0 Å². The van der Waals surface area contributed by atoms with E-state index in [4.69, 9.17) is 11.5 Å². The van der Waals surface area contributed by atoms with Gasteiger partial charge < -0.3 is 16.4 Å². The molecule has 1 aromatic rings. The van der Waals surface area contributed by atoms with Crippen molar-refractivity contribution in [2.24, 2.45) is 17.4 Å². The van der Waals surface area contributed by atoms with Crippen molar-refractivity contribution in [3.8, 4) is 0 Å². The van der Waals surface area contributed by atoms with Gasteiger partial charge in [-0.25, -0.2) is 0 Å². The Morgan fingerprint density at radius 3 is 2.67 bits per heavy atom. The molecule has 0 spiro atoms. The lowest BCUT2D eigenvalue weighted by Crippen LogP contribution is -2.60. The molecule has 1 aromatic carbocycles. The van der Waals surface area contributed by atoms with Crippen LogP contribution < -0.4 is 16.4 Å². The van der Waals surface area contributed by atoms with E-state index in [-0.39, 0.29) is 5.92 Å². The number of carbonyl (C=O) groups excluding carboxylic acids is 1. The van der Waals surface area contributed by atoms with Crippen LogP contribution >= 0.6 is 0 Å². The number of carbonyl (C=O) groups is 1. The molecule has 98 valence electrons. The monoisotopic (exact) mass is 247 g/mol. The molecule has 4 N–H and O–H groups in total. The maximum atomic E-state index is 11.6. The Balaban J connectivity index is 2.14. The van der Waals surface area contributed by atoms with Gasteiger partial charge in [0.2, 0.25) is 5.91 Å². The van der Waals surface area contributed by atoms with Crippen molar-refractivity contribution in [3.05, 3.63) is 29.8 Å². The van der Waals surface area contributed by atoms with E-state index in [0.717, 1.165) is 18.5 Å². The van der Waals surface area contributed by atoms with Crippen LogP contribution in [0.15, 0.2) is 24.3 Å². The zero-order chi connectivity index (χ0) is 13.3. The number of aryl methyl sites for hydroxylation is 1. The third kappa shape index (κ3) is 2.48. The summed E-state index contributed by atoms with van der Waals surface area (Å²) in [5, 5.41) is 0. The van der Waals surface area contributed by atoms with Crippen LogP contribution in [-0.4, -0.2) is 25.0 Å². The summed E-state index contributed by atoms with van der Waals surface area (Å²) in [6, 6.07) is 8.14. The Bertz CT molecular complexity index is 456. The number of amides is 1. The number of likely N-dealkylation sites (N-methyl/N-ethyl adjacent to an activating group) is 1. The second-order valence-corrected chi connectivity index (χ2v) is 5.37. The number of hydrogen-bond acceptors (Lipinski definition) is 3. The highest BCUT2D eigenvalue weighted by Crippen LogP contribution is 2.39. The molecule has 0 bridgehead atoms. The van der Waals surface area contributed by atoms with E-state index in [1.54, 1.807) is 0 Å². The van der Waals surface area contributed by atoms with Gasteiger partial charge in [0.15, 0.2) is 0 Å². The zero-order valence-corrected chi connectivity index (χ0v) is 11.0. The van der Waals surface area contributed by atoms with E-state index in [9.17, 15) is 4.79 Å². The molecule has 0 heterocycles. The summed E-state index contributed by atoms with van der Waals surface area (Å²) in [6.45, 7) is 2.51. The number of benzene rings is 1. The van der Waals surface area contributed by atoms with Crippen molar-refractivity contribution >= 4 is 11.6 Å². The normalized spacial score (nSPS) is 18.2. The van der Waals surface area contributed by atoms with Crippen molar-refractivity contribution < 1.29 is 4.79 Å². The Labute approximate surface area is 108 Å². The standard InChI is InChI=1S/C14H21N3O/c1-10-4-3-5-12(8-10)17(2)9-14(16,13(15)18)11-6-7-11/h3-5,8,11H,6-7,9,16H2,1-2H3,(H2,15,18). The van der Waals surface area contributed by atoms with E-state index < -0.39 is 11.4 Å². The van der Waals surface area contributed by atoms with Gasteiger partial charge in [-0.05, 0) is 43.4 Å². The molecular weight excluding hydrogens is 226 g/mol. The van der Waals surface area contributed by atoms with Crippen molar-refractivity contribution in [3.63, 3.8) is 0 Å². The molecule has 1 atom stereocenters. The van der Waals surface area contributed by atoms with Gasteiger partial charge in [-0.2, -0.15) is 0 Å². The molecule has 1 aliphatic rings. The van der Waals surface area contributed by atoms with Gasteiger partial charge in [0, 0.05) is 19.3 Å². The number of rotatable bonds is 5. The topological polar surface area (TPSA) is 72.3 Å². The molecule has 0 radical (unpaired) electrons. The number of anilines is 1. The maximum absolute atomic E-state index is 11.6. The molecule has 1 unspecified atom stereocenters. The van der Waals surface area contributed by atoms with E-state index in [2.05, 4.69) is 6.07 Å². The van der Waals surface area contributed by atoms with Gasteiger partial charge in [-0.1, -0.05) is 12.1 Å². The number of nitrogens with two attached hydrogens (primary N) is 2. The molecule has 0 aromatic heterocycles. The van der Waals surface area contributed by atoms with Crippen LogP contribution in [0.25, 0.3) is 0 Å². The first kappa shape index (κ1) is 12.9. The minimum Gasteiger partial charge on any atom is -0.372 e. The van der Waals surface area contributed by atoms with Gasteiger partial charge in [0.05, 0.1) is 0 Å². The predicted molar refractivity (Wildman–Crippen MR) is 73.3 cm³/mol. The van der Waals surface area contributed by atoms with Gasteiger partial charge in [-0.3, -0.25) is 4.79 Å². The summed E-state index contributed by atoms with van der Waals surface area (Å²) in [5.41, 5.74) is 13.0. The molecule has 4 heteroatoms. The maximum Gasteiger partial charge on any atom is 0.239 e. The quantitative estimate of drug-likeness (QED) is 0.816. The Kier molecular flexibility index (Phi) is 3.30. The molecule has 2 rings (SSSR count). The lowest BCUT2D eigenvalue weighted by Gasteiger charge is -2.32. The van der Waals surface area contributed by atoms with Gasteiger partial charge in [0.1, 0.15) is 5.54 Å². The smallest absolute Gasteiger partial charge is 0.239 e. The number of hydrogen-bond donors (Lipinski definition) is 2. The van der Waals surface area contributed by atoms with Gasteiger partial charge in [0.25, 0.3) is 0 Å². The van der Waals surface area contributed by atoms with E-state index in [0.29, 0.717) is 6.54 Å². The molecule has 1 saturated carbocycles. The van der Waals surface area contributed by atoms with E-state index in [1.165, 1.54) is 5.56 Å². The second-order valence-electron chi connectivity index (χ2n) is 5.37. The summed E-state index contributed by atoms with van der Waals surface area (Å²) in [5.74, 6) is -0.160. The minimum absolute atomic E-state index is 0.238. The van der Waals surface area contributed by atoms with Crippen LogP contribution in [-0.2, 0) is 4.79 Å². The summed E-state index contributed by atoms with van der Waals surface area (Å²) in [7, 11) is 1.95. The molecule has 0 saturated heterocycles. The third-order valence-electron chi connectivity index (χ3n) is 3.71. The van der Waals surface area contributed by atoms with E-state index >= 15 is 0 Å². The first-order valence-electron chi connectivity index (χ1n) is 6.30. The minimum atomic E-state index is -0.904. The van der Waals surface area contributed by atoms with Crippen molar-refractivity contribution in [2.45, 2.75) is 25.3 Å². The van der Waals surface area contributed by atoms with Crippen LogP contribution in [0.4, 0.5) is 5.69 Å². The predicted octanol–water partition coefficient (Wildman–Crippen LogP) is 1.02. The SMILES string of the molecule is Cc1cccc(N(C)CC(N)(C(N)=O)C2CC2)c1. The highest BCUT2D eigenvalue weighted by molar-refractivity contribution is 5.86. The average Bonchev–Trinajstić information content (AvgIpc) is 3.12. The number of nitrogens with zero attached hydrogens (tertiary/aromatic N) is 1. The first-order chi connectivity index (χ1) is 8.43. The molecule has 1 fully saturated rings. The highest BCUT2D eigenvalue weighted by Gasteiger charge is 2.47. The molecule has 4 nitrogen and oxygen atoms in total. The number of primary amides is 1. The lowest BCUT2D eigenvalue weighted by atomic mass is 9.93. The summed E-state index contributed by atoms with van der Waals surface area (Å²) < 4.78 is 0. The summed E-state index contributed by atoms with van der Waals surface area (Å²) in [6.07, 6.45) is 2.00. The molecule has 18 heavy (non-hydrogen) atoms. The largest absolute Gasteiger partial charge is 0.372 e.